The zero-order valence-corrected chi connectivity index (χ0v) is 16.6. The number of sulfonamides is 1. The van der Waals surface area contributed by atoms with Gasteiger partial charge < -0.3 is 9.64 Å². The molecular formula is C17H22ClN5O3S. The predicted molar refractivity (Wildman–Crippen MR) is 103 cm³/mol. The van der Waals surface area contributed by atoms with Crippen molar-refractivity contribution in [2.45, 2.75) is 31.6 Å². The molecule has 0 spiro atoms. The third-order valence-electron chi connectivity index (χ3n) is 4.17. The molecule has 1 aliphatic rings. The lowest BCUT2D eigenvalue weighted by Crippen LogP contribution is -2.32. The van der Waals surface area contributed by atoms with Gasteiger partial charge in [0, 0.05) is 18.1 Å². The Balaban J connectivity index is 1.70. The van der Waals surface area contributed by atoms with Crippen molar-refractivity contribution in [2.24, 2.45) is 0 Å². The van der Waals surface area contributed by atoms with Crippen LogP contribution in [0.4, 0.5) is 5.95 Å². The van der Waals surface area contributed by atoms with E-state index in [4.69, 9.17) is 16.3 Å². The maximum absolute atomic E-state index is 12.4. The third kappa shape index (κ3) is 5.75. The van der Waals surface area contributed by atoms with E-state index in [1.54, 1.807) is 24.3 Å². The minimum atomic E-state index is -3.57. The Labute approximate surface area is 164 Å². The van der Waals surface area contributed by atoms with Gasteiger partial charge in [0.25, 0.3) is 0 Å². The Morgan fingerprint density at radius 1 is 1.19 bits per heavy atom. The van der Waals surface area contributed by atoms with Crippen molar-refractivity contribution in [1.29, 1.82) is 0 Å². The number of nitrogens with one attached hydrogen (secondary N) is 1. The second kappa shape index (κ2) is 8.81. The number of benzene rings is 1. The van der Waals surface area contributed by atoms with Gasteiger partial charge in [-0.3, -0.25) is 0 Å². The van der Waals surface area contributed by atoms with Gasteiger partial charge in [-0.15, -0.1) is 0 Å². The van der Waals surface area contributed by atoms with E-state index in [2.05, 4.69) is 24.6 Å². The monoisotopic (exact) mass is 411 g/mol. The molecule has 1 N–H and O–H groups in total. The van der Waals surface area contributed by atoms with Gasteiger partial charge in [0.1, 0.15) is 0 Å². The minimum absolute atomic E-state index is 0.0391. The summed E-state index contributed by atoms with van der Waals surface area (Å²) in [5.41, 5.74) is 0.609. The minimum Gasteiger partial charge on any atom is -0.467 e. The Bertz CT molecular complexity index is 888. The fourth-order valence-electron chi connectivity index (χ4n) is 2.86. The summed E-state index contributed by atoms with van der Waals surface area (Å²) < 4.78 is 32.4. The summed E-state index contributed by atoms with van der Waals surface area (Å²) in [6.45, 7) is 1.70. The normalized spacial score (nSPS) is 15.0. The summed E-state index contributed by atoms with van der Waals surface area (Å²) in [4.78, 5) is 14.9. The van der Waals surface area contributed by atoms with Crippen LogP contribution in [0.15, 0.2) is 24.3 Å². The number of nitrogens with zero attached hydrogens (tertiary/aromatic N) is 4. The number of halogens is 1. The van der Waals surface area contributed by atoms with Gasteiger partial charge in [-0.1, -0.05) is 23.7 Å². The molecule has 0 amide bonds. The second-order valence-corrected chi connectivity index (χ2v) is 8.54. The van der Waals surface area contributed by atoms with E-state index in [-0.39, 0.29) is 18.3 Å². The molecule has 27 heavy (non-hydrogen) atoms. The molecule has 0 aliphatic carbocycles. The molecule has 0 bridgehead atoms. The topological polar surface area (TPSA) is 97.3 Å². The van der Waals surface area contributed by atoms with Gasteiger partial charge in [0.15, 0.2) is 5.82 Å². The summed E-state index contributed by atoms with van der Waals surface area (Å²) in [7, 11) is -2.10. The van der Waals surface area contributed by atoms with Crippen LogP contribution in [0.2, 0.25) is 5.02 Å². The van der Waals surface area contributed by atoms with Crippen molar-refractivity contribution in [3.8, 4) is 6.01 Å². The average Bonchev–Trinajstić information content (AvgIpc) is 2.66. The molecule has 0 saturated carbocycles. The number of anilines is 1. The van der Waals surface area contributed by atoms with Crippen LogP contribution in [0.25, 0.3) is 0 Å². The van der Waals surface area contributed by atoms with Crippen molar-refractivity contribution in [2.75, 3.05) is 25.1 Å². The number of ether oxygens (including phenoxy) is 1. The fraction of sp³-hybridized carbons (Fsp3) is 0.471. The van der Waals surface area contributed by atoms with Crippen LogP contribution in [0.5, 0.6) is 6.01 Å². The Hall–Kier alpha value is -1.97. The van der Waals surface area contributed by atoms with Crippen LogP contribution >= 0.6 is 11.6 Å². The molecule has 3 rings (SSSR count). The molecule has 0 radical (unpaired) electrons. The maximum Gasteiger partial charge on any atom is 0.321 e. The van der Waals surface area contributed by atoms with Crippen LogP contribution < -0.4 is 14.4 Å². The van der Waals surface area contributed by atoms with Crippen LogP contribution in [-0.4, -0.2) is 43.6 Å². The molecule has 2 aromatic rings. The number of rotatable bonds is 7. The first-order valence-corrected chi connectivity index (χ1v) is 10.7. The lowest BCUT2D eigenvalue weighted by atomic mass is 10.1. The van der Waals surface area contributed by atoms with E-state index in [0.717, 1.165) is 25.9 Å². The smallest absolute Gasteiger partial charge is 0.321 e. The van der Waals surface area contributed by atoms with E-state index in [1.807, 2.05) is 0 Å². The Morgan fingerprint density at radius 2 is 1.96 bits per heavy atom. The van der Waals surface area contributed by atoms with Crippen molar-refractivity contribution >= 4 is 27.6 Å². The van der Waals surface area contributed by atoms with Gasteiger partial charge in [-0.2, -0.15) is 15.0 Å². The molecule has 0 unspecified atom stereocenters. The molecule has 1 fully saturated rings. The number of hydrogen-bond donors (Lipinski definition) is 1. The number of aromatic nitrogens is 3. The number of piperidine rings is 1. The van der Waals surface area contributed by atoms with Gasteiger partial charge in [-0.25, -0.2) is 13.1 Å². The summed E-state index contributed by atoms with van der Waals surface area (Å²) in [6.07, 6.45) is 3.35. The molecule has 2 heterocycles. The quantitative estimate of drug-likeness (QED) is 0.745. The van der Waals surface area contributed by atoms with Crippen LogP contribution in [0.1, 0.15) is 30.7 Å². The standard InChI is InChI=1S/C17H22ClN5O3S/c1-26-17-21-15(20-16(22-17)23-8-3-2-4-9-23)11-19-27(24,25)12-13-6-5-7-14(18)10-13/h5-7,10,19H,2-4,8-9,11-12H2,1H3. The molecular weight excluding hydrogens is 390 g/mol. The first-order chi connectivity index (χ1) is 12.9. The summed E-state index contributed by atoms with van der Waals surface area (Å²) in [5.74, 6) is 0.664. The highest BCUT2D eigenvalue weighted by atomic mass is 35.5. The van der Waals surface area contributed by atoms with Crippen LogP contribution in [0, 0.1) is 0 Å². The predicted octanol–water partition coefficient (Wildman–Crippen LogP) is 2.14. The van der Waals surface area contributed by atoms with E-state index >= 15 is 0 Å². The second-order valence-electron chi connectivity index (χ2n) is 6.30. The van der Waals surface area contributed by atoms with E-state index in [9.17, 15) is 8.42 Å². The summed E-state index contributed by atoms with van der Waals surface area (Å²) in [5, 5.41) is 0.496. The first kappa shape index (κ1) is 19.8. The number of methoxy groups -OCH3 is 1. The highest BCUT2D eigenvalue weighted by Gasteiger charge is 2.18. The van der Waals surface area contributed by atoms with Gasteiger partial charge in [0.2, 0.25) is 16.0 Å². The average molecular weight is 412 g/mol. The first-order valence-electron chi connectivity index (χ1n) is 8.71. The molecule has 1 saturated heterocycles. The highest BCUT2D eigenvalue weighted by molar-refractivity contribution is 7.88. The molecule has 0 atom stereocenters. The zero-order valence-electron chi connectivity index (χ0n) is 15.1. The molecule has 1 aliphatic heterocycles. The molecule has 146 valence electrons. The summed E-state index contributed by atoms with van der Waals surface area (Å²) in [6, 6.07) is 6.93. The van der Waals surface area contributed by atoms with Gasteiger partial charge in [-0.05, 0) is 37.0 Å². The van der Waals surface area contributed by atoms with E-state index in [0.29, 0.717) is 22.4 Å². The van der Waals surface area contributed by atoms with E-state index in [1.165, 1.54) is 13.5 Å². The van der Waals surface area contributed by atoms with Gasteiger partial charge in [0.05, 0.1) is 19.4 Å². The molecule has 10 heteroatoms. The van der Waals surface area contributed by atoms with Crippen molar-refractivity contribution in [3.63, 3.8) is 0 Å². The van der Waals surface area contributed by atoms with Gasteiger partial charge >= 0.3 is 6.01 Å². The maximum atomic E-state index is 12.4. The van der Waals surface area contributed by atoms with Crippen molar-refractivity contribution in [3.05, 3.63) is 40.7 Å². The van der Waals surface area contributed by atoms with Crippen molar-refractivity contribution in [1.82, 2.24) is 19.7 Å². The Kier molecular flexibility index (Phi) is 6.46. The lowest BCUT2D eigenvalue weighted by Gasteiger charge is -2.26. The Morgan fingerprint density at radius 3 is 2.67 bits per heavy atom. The lowest BCUT2D eigenvalue weighted by molar-refractivity contribution is 0.374. The number of hydrogen-bond acceptors (Lipinski definition) is 7. The third-order valence-corrected chi connectivity index (χ3v) is 5.70. The van der Waals surface area contributed by atoms with Crippen molar-refractivity contribution < 1.29 is 13.2 Å². The van der Waals surface area contributed by atoms with E-state index < -0.39 is 10.0 Å². The SMILES string of the molecule is COc1nc(CNS(=O)(=O)Cc2cccc(Cl)c2)nc(N2CCCCC2)n1. The highest BCUT2D eigenvalue weighted by Crippen LogP contribution is 2.18. The van der Waals surface area contributed by atoms with Crippen LogP contribution in [0.3, 0.4) is 0 Å². The zero-order chi connectivity index (χ0) is 19.3. The molecule has 8 nitrogen and oxygen atoms in total. The largest absolute Gasteiger partial charge is 0.467 e. The van der Waals surface area contributed by atoms with Crippen LogP contribution in [-0.2, 0) is 22.3 Å². The molecule has 1 aromatic heterocycles. The summed E-state index contributed by atoms with van der Waals surface area (Å²) >= 11 is 5.91. The fourth-order valence-corrected chi connectivity index (χ4v) is 4.15. The molecule has 1 aromatic carbocycles.